The van der Waals surface area contributed by atoms with Crippen molar-refractivity contribution >= 4 is 23.7 Å². The predicted octanol–water partition coefficient (Wildman–Crippen LogP) is 2.71. The zero-order valence-corrected chi connectivity index (χ0v) is 18.9. The van der Waals surface area contributed by atoms with Gasteiger partial charge in [0, 0.05) is 6.54 Å². The van der Waals surface area contributed by atoms with Crippen molar-refractivity contribution in [1.82, 2.24) is 16.0 Å². The molecule has 2 unspecified atom stereocenters. The molecule has 0 saturated carbocycles. The normalized spacial score (nSPS) is 12.5. The second-order valence-electron chi connectivity index (χ2n) is 7.83. The van der Waals surface area contributed by atoms with Crippen molar-refractivity contribution in [2.45, 2.75) is 72.1 Å². The van der Waals surface area contributed by atoms with Crippen LogP contribution in [0.15, 0.2) is 30.3 Å². The summed E-state index contributed by atoms with van der Waals surface area (Å²) in [7, 11) is 0. The Kier molecular flexibility index (Phi) is 11.9. The fourth-order valence-corrected chi connectivity index (χ4v) is 2.86. The third-order valence-electron chi connectivity index (χ3n) is 4.61. The number of unbranched alkanes of at least 4 members (excludes halogenated alkanes) is 1. The standard InChI is InChI=1S/C23H35N3O5/c1-5-7-13-24-22(29)20(27)18(6-2)25-21(28)19(14-16(3)4)26-23(30)31-15-17-11-9-8-10-12-17/h8-12,16,18-19H,5-7,13-15H2,1-4H3,(H,24,29)(H,25,28)(H,26,30). The molecule has 0 aliphatic rings. The molecule has 0 fully saturated rings. The summed E-state index contributed by atoms with van der Waals surface area (Å²) in [5.74, 6) is -1.82. The molecule has 172 valence electrons. The number of hydrogen-bond donors (Lipinski definition) is 3. The number of carbonyl (C=O) groups excluding carboxylic acids is 4. The lowest BCUT2D eigenvalue weighted by Gasteiger charge is -2.23. The lowest BCUT2D eigenvalue weighted by Crippen LogP contribution is -2.54. The Labute approximate surface area is 184 Å². The summed E-state index contributed by atoms with van der Waals surface area (Å²) >= 11 is 0. The van der Waals surface area contributed by atoms with Crippen molar-refractivity contribution in [2.75, 3.05) is 6.54 Å². The third kappa shape index (κ3) is 10.1. The van der Waals surface area contributed by atoms with Gasteiger partial charge in [-0.15, -0.1) is 0 Å². The van der Waals surface area contributed by atoms with E-state index in [4.69, 9.17) is 4.74 Å². The van der Waals surface area contributed by atoms with Crippen LogP contribution < -0.4 is 16.0 Å². The molecule has 0 saturated heterocycles. The zero-order chi connectivity index (χ0) is 23.2. The monoisotopic (exact) mass is 433 g/mol. The van der Waals surface area contributed by atoms with Crippen LogP contribution in [0.1, 0.15) is 58.9 Å². The molecule has 8 heteroatoms. The smallest absolute Gasteiger partial charge is 0.408 e. The van der Waals surface area contributed by atoms with E-state index in [1.807, 2.05) is 51.1 Å². The highest BCUT2D eigenvalue weighted by molar-refractivity contribution is 6.38. The van der Waals surface area contributed by atoms with Crippen LogP contribution in [0.2, 0.25) is 0 Å². The highest BCUT2D eigenvalue weighted by atomic mass is 16.5. The zero-order valence-electron chi connectivity index (χ0n) is 18.9. The summed E-state index contributed by atoms with van der Waals surface area (Å²) in [6, 6.07) is 7.36. The first-order chi connectivity index (χ1) is 14.8. The first-order valence-corrected chi connectivity index (χ1v) is 10.9. The summed E-state index contributed by atoms with van der Waals surface area (Å²) in [4.78, 5) is 49.4. The van der Waals surface area contributed by atoms with Gasteiger partial charge >= 0.3 is 6.09 Å². The lowest BCUT2D eigenvalue weighted by atomic mass is 10.0. The molecule has 2 atom stereocenters. The number of Topliss-reactive ketones (excluding diaryl/α,β-unsaturated/α-hetero) is 1. The van der Waals surface area contributed by atoms with Crippen molar-refractivity contribution in [3.05, 3.63) is 35.9 Å². The fourth-order valence-electron chi connectivity index (χ4n) is 2.86. The Morgan fingerprint density at radius 1 is 0.968 bits per heavy atom. The molecule has 0 bridgehead atoms. The molecule has 0 heterocycles. The second-order valence-corrected chi connectivity index (χ2v) is 7.83. The van der Waals surface area contributed by atoms with Gasteiger partial charge in [0.1, 0.15) is 12.6 Å². The molecule has 3 amide bonds. The molecule has 1 rings (SSSR count). The number of nitrogens with one attached hydrogen (secondary N) is 3. The van der Waals surface area contributed by atoms with E-state index >= 15 is 0 Å². The molecular formula is C23H35N3O5. The van der Waals surface area contributed by atoms with Crippen molar-refractivity contribution in [2.24, 2.45) is 5.92 Å². The third-order valence-corrected chi connectivity index (χ3v) is 4.61. The molecule has 1 aromatic carbocycles. The number of alkyl carbamates (subject to hydrolysis) is 1. The average Bonchev–Trinajstić information content (AvgIpc) is 2.75. The summed E-state index contributed by atoms with van der Waals surface area (Å²) in [6.07, 6.45) is 1.57. The molecule has 0 radical (unpaired) electrons. The largest absolute Gasteiger partial charge is 0.445 e. The SMILES string of the molecule is CCCCNC(=O)C(=O)C(CC)NC(=O)C(CC(C)C)NC(=O)OCc1ccccc1. The van der Waals surface area contributed by atoms with Crippen LogP contribution >= 0.6 is 0 Å². The van der Waals surface area contributed by atoms with Crippen LogP contribution in [0.5, 0.6) is 0 Å². The quantitative estimate of drug-likeness (QED) is 0.327. The van der Waals surface area contributed by atoms with Gasteiger partial charge in [-0.3, -0.25) is 14.4 Å². The van der Waals surface area contributed by atoms with Crippen molar-refractivity contribution in [3.63, 3.8) is 0 Å². The van der Waals surface area contributed by atoms with Crippen LogP contribution in [0.4, 0.5) is 4.79 Å². The summed E-state index contributed by atoms with van der Waals surface area (Å²) < 4.78 is 5.20. The first-order valence-electron chi connectivity index (χ1n) is 10.9. The maximum Gasteiger partial charge on any atom is 0.408 e. The topological polar surface area (TPSA) is 114 Å². The minimum atomic E-state index is -0.953. The van der Waals surface area contributed by atoms with E-state index in [1.165, 1.54) is 0 Å². The van der Waals surface area contributed by atoms with E-state index in [0.717, 1.165) is 18.4 Å². The number of carbonyl (C=O) groups is 4. The summed E-state index contributed by atoms with van der Waals surface area (Å²) in [5.41, 5.74) is 0.827. The van der Waals surface area contributed by atoms with E-state index in [2.05, 4.69) is 16.0 Å². The van der Waals surface area contributed by atoms with Gasteiger partial charge in [0.05, 0.1) is 6.04 Å². The summed E-state index contributed by atoms with van der Waals surface area (Å²) in [6.45, 7) is 8.02. The van der Waals surface area contributed by atoms with Gasteiger partial charge in [0.2, 0.25) is 11.7 Å². The average molecular weight is 434 g/mol. The minimum Gasteiger partial charge on any atom is -0.445 e. The second kappa shape index (κ2) is 14.2. The van der Waals surface area contributed by atoms with Crippen molar-refractivity contribution in [1.29, 1.82) is 0 Å². The van der Waals surface area contributed by atoms with E-state index in [1.54, 1.807) is 6.92 Å². The van der Waals surface area contributed by atoms with Gasteiger partial charge in [-0.2, -0.15) is 0 Å². The molecule has 3 N–H and O–H groups in total. The summed E-state index contributed by atoms with van der Waals surface area (Å²) in [5, 5.41) is 7.74. The van der Waals surface area contributed by atoms with Gasteiger partial charge < -0.3 is 20.7 Å². The van der Waals surface area contributed by atoms with Crippen LogP contribution in [0.25, 0.3) is 0 Å². The number of ketones is 1. The number of amides is 3. The van der Waals surface area contributed by atoms with Crippen LogP contribution in [0.3, 0.4) is 0 Å². The Balaban J connectivity index is 2.69. The molecule has 0 aromatic heterocycles. The molecule has 0 spiro atoms. The lowest BCUT2D eigenvalue weighted by molar-refractivity contribution is -0.140. The Morgan fingerprint density at radius 2 is 1.65 bits per heavy atom. The van der Waals surface area contributed by atoms with E-state index in [9.17, 15) is 19.2 Å². The number of benzene rings is 1. The van der Waals surface area contributed by atoms with Crippen LogP contribution in [0, 0.1) is 5.92 Å². The highest BCUT2D eigenvalue weighted by Crippen LogP contribution is 2.08. The molecule has 8 nitrogen and oxygen atoms in total. The van der Waals surface area contributed by atoms with Crippen molar-refractivity contribution < 1.29 is 23.9 Å². The van der Waals surface area contributed by atoms with Gasteiger partial charge in [-0.1, -0.05) is 64.4 Å². The first kappa shape index (κ1) is 26.1. The minimum absolute atomic E-state index is 0.0801. The Hall–Kier alpha value is -2.90. The number of rotatable bonds is 13. The Morgan fingerprint density at radius 3 is 2.23 bits per heavy atom. The van der Waals surface area contributed by atoms with E-state index in [-0.39, 0.29) is 18.9 Å². The van der Waals surface area contributed by atoms with Gasteiger partial charge in [-0.25, -0.2) is 4.79 Å². The van der Waals surface area contributed by atoms with E-state index < -0.39 is 35.8 Å². The number of hydrogen-bond acceptors (Lipinski definition) is 5. The predicted molar refractivity (Wildman–Crippen MR) is 118 cm³/mol. The maximum atomic E-state index is 12.8. The molecular weight excluding hydrogens is 398 g/mol. The Bertz CT molecular complexity index is 721. The van der Waals surface area contributed by atoms with Crippen LogP contribution in [-0.2, 0) is 25.7 Å². The molecule has 1 aromatic rings. The molecule has 31 heavy (non-hydrogen) atoms. The molecule has 0 aliphatic carbocycles. The molecule has 0 aliphatic heterocycles. The van der Waals surface area contributed by atoms with Gasteiger partial charge in [-0.05, 0) is 30.7 Å². The van der Waals surface area contributed by atoms with Crippen molar-refractivity contribution in [3.8, 4) is 0 Å². The fraction of sp³-hybridized carbons (Fsp3) is 0.565. The van der Waals surface area contributed by atoms with E-state index in [0.29, 0.717) is 13.0 Å². The van der Waals surface area contributed by atoms with Gasteiger partial charge in [0.25, 0.3) is 5.91 Å². The van der Waals surface area contributed by atoms with Gasteiger partial charge in [0.15, 0.2) is 0 Å². The number of ether oxygens (including phenoxy) is 1. The maximum absolute atomic E-state index is 12.8. The highest BCUT2D eigenvalue weighted by Gasteiger charge is 2.29. The van der Waals surface area contributed by atoms with Crippen LogP contribution in [-0.4, -0.2) is 42.3 Å².